The minimum atomic E-state index is -0.268. The quantitative estimate of drug-likeness (QED) is 0.680. The van der Waals surface area contributed by atoms with Crippen molar-refractivity contribution in [2.24, 2.45) is 0 Å². The van der Waals surface area contributed by atoms with Crippen molar-refractivity contribution in [2.75, 3.05) is 10.6 Å². The van der Waals surface area contributed by atoms with Gasteiger partial charge in [-0.15, -0.1) is 0 Å². The minimum Gasteiger partial charge on any atom is -0.360 e. The van der Waals surface area contributed by atoms with Crippen molar-refractivity contribution >= 4 is 23.4 Å². The number of amides is 1. The third kappa shape index (κ3) is 4.31. The van der Waals surface area contributed by atoms with Crippen molar-refractivity contribution in [3.05, 3.63) is 58.6 Å². The molecule has 1 aromatic carbocycles. The van der Waals surface area contributed by atoms with Crippen LogP contribution in [0.5, 0.6) is 0 Å². The smallest absolute Gasteiger partial charge is 0.274 e. The molecule has 140 valence electrons. The molecule has 7 heteroatoms. The molecule has 27 heavy (non-hydrogen) atoms. The van der Waals surface area contributed by atoms with E-state index in [9.17, 15) is 4.79 Å². The zero-order valence-electron chi connectivity index (χ0n) is 16.0. The summed E-state index contributed by atoms with van der Waals surface area (Å²) >= 11 is 0. The van der Waals surface area contributed by atoms with Crippen LogP contribution in [-0.2, 0) is 12.8 Å². The molecule has 0 saturated carbocycles. The molecule has 0 unspecified atom stereocenters. The fourth-order valence-corrected chi connectivity index (χ4v) is 2.86. The maximum atomic E-state index is 12.8. The van der Waals surface area contributed by atoms with Crippen molar-refractivity contribution in [1.29, 1.82) is 0 Å². The SMILES string of the molecule is CCc1cccc(CC)c1NC(=O)c1cc(C)nc(Nc2cc(C)on2)n1. The number of carbonyl (C=O) groups excluding carboxylic acids is 1. The van der Waals surface area contributed by atoms with E-state index in [1.54, 1.807) is 19.1 Å². The van der Waals surface area contributed by atoms with Gasteiger partial charge in [0, 0.05) is 17.4 Å². The molecule has 0 fully saturated rings. The second-order valence-corrected chi connectivity index (χ2v) is 6.28. The van der Waals surface area contributed by atoms with Gasteiger partial charge in [0.15, 0.2) is 5.82 Å². The Morgan fingerprint density at radius 2 is 1.78 bits per heavy atom. The van der Waals surface area contributed by atoms with E-state index in [0.29, 0.717) is 23.2 Å². The Bertz CT molecular complexity index is 943. The summed E-state index contributed by atoms with van der Waals surface area (Å²) in [5.41, 5.74) is 4.04. The maximum Gasteiger partial charge on any atom is 0.274 e. The minimum absolute atomic E-state index is 0.268. The topological polar surface area (TPSA) is 92.9 Å². The largest absolute Gasteiger partial charge is 0.360 e. The molecule has 2 N–H and O–H groups in total. The van der Waals surface area contributed by atoms with Gasteiger partial charge in [-0.3, -0.25) is 4.79 Å². The van der Waals surface area contributed by atoms with E-state index in [1.807, 2.05) is 25.1 Å². The predicted molar refractivity (Wildman–Crippen MR) is 104 cm³/mol. The average Bonchev–Trinajstić information content (AvgIpc) is 3.06. The third-order valence-electron chi connectivity index (χ3n) is 4.19. The highest BCUT2D eigenvalue weighted by Crippen LogP contribution is 2.23. The normalized spacial score (nSPS) is 10.7. The van der Waals surface area contributed by atoms with Gasteiger partial charge < -0.3 is 15.2 Å². The van der Waals surface area contributed by atoms with Crippen molar-refractivity contribution in [3.63, 3.8) is 0 Å². The molecule has 0 aliphatic heterocycles. The Morgan fingerprint density at radius 3 is 2.37 bits per heavy atom. The van der Waals surface area contributed by atoms with Crippen LogP contribution < -0.4 is 10.6 Å². The van der Waals surface area contributed by atoms with Crippen LogP contribution in [0.2, 0.25) is 0 Å². The van der Waals surface area contributed by atoms with Gasteiger partial charge in [-0.2, -0.15) is 0 Å². The zero-order chi connectivity index (χ0) is 19.4. The fourth-order valence-electron chi connectivity index (χ4n) is 2.86. The van der Waals surface area contributed by atoms with Crippen LogP contribution >= 0.6 is 0 Å². The van der Waals surface area contributed by atoms with Crippen LogP contribution in [0.25, 0.3) is 0 Å². The van der Waals surface area contributed by atoms with Gasteiger partial charge in [0.1, 0.15) is 11.5 Å². The summed E-state index contributed by atoms with van der Waals surface area (Å²) < 4.78 is 5.03. The highest BCUT2D eigenvalue weighted by molar-refractivity contribution is 6.04. The number of nitrogens with one attached hydrogen (secondary N) is 2. The first-order chi connectivity index (χ1) is 13.0. The van der Waals surface area contributed by atoms with E-state index in [1.165, 1.54) is 0 Å². The lowest BCUT2D eigenvalue weighted by atomic mass is 10.0. The van der Waals surface area contributed by atoms with Gasteiger partial charge in [-0.25, -0.2) is 9.97 Å². The number of benzene rings is 1. The van der Waals surface area contributed by atoms with Crippen LogP contribution in [-0.4, -0.2) is 21.0 Å². The Labute approximate surface area is 158 Å². The van der Waals surface area contributed by atoms with Crippen molar-refractivity contribution in [3.8, 4) is 0 Å². The Balaban J connectivity index is 1.87. The first kappa shape index (κ1) is 18.6. The number of aryl methyl sites for hydroxylation is 4. The fraction of sp³-hybridized carbons (Fsp3) is 0.300. The van der Waals surface area contributed by atoms with Crippen molar-refractivity contribution < 1.29 is 9.32 Å². The second-order valence-electron chi connectivity index (χ2n) is 6.28. The summed E-state index contributed by atoms with van der Waals surface area (Å²) in [5.74, 6) is 1.20. The third-order valence-corrected chi connectivity index (χ3v) is 4.19. The van der Waals surface area contributed by atoms with Crippen LogP contribution in [0.15, 0.2) is 34.9 Å². The van der Waals surface area contributed by atoms with Crippen LogP contribution in [0.4, 0.5) is 17.5 Å². The molecule has 7 nitrogen and oxygen atoms in total. The monoisotopic (exact) mass is 365 g/mol. The zero-order valence-corrected chi connectivity index (χ0v) is 16.0. The number of aromatic nitrogens is 3. The summed E-state index contributed by atoms with van der Waals surface area (Å²) in [6.45, 7) is 7.75. The molecule has 0 aliphatic rings. The number of anilines is 3. The summed E-state index contributed by atoms with van der Waals surface area (Å²) in [4.78, 5) is 21.5. The van der Waals surface area contributed by atoms with Crippen LogP contribution in [0, 0.1) is 13.8 Å². The maximum absolute atomic E-state index is 12.8. The molecule has 0 aliphatic carbocycles. The molecular weight excluding hydrogens is 342 g/mol. The van der Waals surface area contributed by atoms with Gasteiger partial charge >= 0.3 is 0 Å². The van der Waals surface area contributed by atoms with E-state index in [-0.39, 0.29) is 11.6 Å². The summed E-state index contributed by atoms with van der Waals surface area (Å²) in [7, 11) is 0. The lowest BCUT2D eigenvalue weighted by Crippen LogP contribution is -2.17. The number of rotatable bonds is 6. The van der Waals surface area contributed by atoms with E-state index < -0.39 is 0 Å². The molecule has 3 rings (SSSR count). The molecule has 0 radical (unpaired) electrons. The van der Waals surface area contributed by atoms with E-state index in [4.69, 9.17) is 4.52 Å². The second kappa shape index (κ2) is 7.99. The average molecular weight is 365 g/mol. The van der Waals surface area contributed by atoms with E-state index in [2.05, 4.69) is 39.6 Å². The van der Waals surface area contributed by atoms with Crippen molar-refractivity contribution in [2.45, 2.75) is 40.5 Å². The molecular formula is C20H23N5O2. The highest BCUT2D eigenvalue weighted by Gasteiger charge is 2.15. The lowest BCUT2D eigenvalue weighted by Gasteiger charge is -2.14. The Hall–Kier alpha value is -3.22. The number of carbonyl (C=O) groups is 1. The number of hydrogen-bond acceptors (Lipinski definition) is 6. The molecule has 0 saturated heterocycles. The van der Waals surface area contributed by atoms with E-state index in [0.717, 1.165) is 29.7 Å². The Morgan fingerprint density at radius 1 is 1.07 bits per heavy atom. The number of nitrogens with zero attached hydrogens (tertiary/aromatic N) is 3. The van der Waals surface area contributed by atoms with Crippen molar-refractivity contribution in [1.82, 2.24) is 15.1 Å². The van der Waals surface area contributed by atoms with Gasteiger partial charge in [-0.05, 0) is 43.9 Å². The lowest BCUT2D eigenvalue weighted by molar-refractivity contribution is 0.102. The summed E-state index contributed by atoms with van der Waals surface area (Å²) in [6, 6.07) is 9.47. The molecule has 3 aromatic rings. The predicted octanol–water partition coefficient (Wildman–Crippen LogP) is 4.20. The molecule has 2 aromatic heterocycles. The van der Waals surface area contributed by atoms with Gasteiger partial charge in [0.2, 0.25) is 5.95 Å². The molecule has 2 heterocycles. The highest BCUT2D eigenvalue weighted by atomic mass is 16.5. The molecule has 0 spiro atoms. The summed E-state index contributed by atoms with van der Waals surface area (Å²) in [5, 5.41) is 9.85. The molecule has 0 bridgehead atoms. The number of para-hydroxylation sites is 1. The first-order valence-electron chi connectivity index (χ1n) is 8.98. The van der Waals surface area contributed by atoms with Gasteiger partial charge in [0.05, 0.1) is 0 Å². The van der Waals surface area contributed by atoms with Gasteiger partial charge in [-0.1, -0.05) is 37.2 Å². The standard InChI is InChI=1S/C20H23N5O2/c1-5-14-8-7-9-15(6-2)18(14)24-19(26)16-10-12(3)21-20(22-16)23-17-11-13(4)27-25-17/h7-11H,5-6H2,1-4H3,(H,24,26)(H,21,22,23,25). The van der Waals surface area contributed by atoms with Gasteiger partial charge in [0.25, 0.3) is 5.91 Å². The van der Waals surface area contributed by atoms with E-state index >= 15 is 0 Å². The molecule has 1 amide bonds. The Kier molecular flexibility index (Phi) is 5.49. The molecule has 0 atom stereocenters. The first-order valence-corrected chi connectivity index (χ1v) is 8.98. The van der Waals surface area contributed by atoms with Crippen LogP contribution in [0.1, 0.15) is 46.9 Å². The summed E-state index contributed by atoms with van der Waals surface area (Å²) in [6.07, 6.45) is 1.68. The van der Waals surface area contributed by atoms with Crippen LogP contribution in [0.3, 0.4) is 0 Å². The number of hydrogen-bond donors (Lipinski definition) is 2.